The SMILES string of the molecule is Cc1ccc(-c2cn3c(CC(=O)NCCc4ccc(Cl)cc4)csc3n2)cc1. The summed E-state index contributed by atoms with van der Waals surface area (Å²) in [5, 5.41) is 5.71. The molecule has 28 heavy (non-hydrogen) atoms. The Balaban J connectivity index is 1.39. The number of halogens is 1. The topological polar surface area (TPSA) is 46.4 Å². The van der Waals surface area contributed by atoms with Crippen LogP contribution in [0.4, 0.5) is 0 Å². The Bertz CT molecular complexity index is 1100. The maximum absolute atomic E-state index is 12.4. The molecule has 0 fully saturated rings. The van der Waals surface area contributed by atoms with Gasteiger partial charge < -0.3 is 5.32 Å². The molecule has 0 spiro atoms. The highest BCUT2D eigenvalue weighted by atomic mass is 35.5. The van der Waals surface area contributed by atoms with E-state index in [0.717, 1.165) is 38.9 Å². The number of carbonyl (C=O) groups is 1. The molecule has 0 unspecified atom stereocenters. The van der Waals surface area contributed by atoms with Gasteiger partial charge in [-0.05, 0) is 31.0 Å². The summed E-state index contributed by atoms with van der Waals surface area (Å²) in [5.74, 6) is 0.0132. The zero-order chi connectivity index (χ0) is 19.5. The van der Waals surface area contributed by atoms with Gasteiger partial charge >= 0.3 is 0 Å². The second-order valence-corrected chi connectivity index (χ2v) is 8.05. The van der Waals surface area contributed by atoms with Crippen molar-refractivity contribution in [1.82, 2.24) is 14.7 Å². The molecule has 4 nitrogen and oxygen atoms in total. The number of aryl methyl sites for hydroxylation is 1. The van der Waals surface area contributed by atoms with Crippen LogP contribution in [0.15, 0.2) is 60.1 Å². The van der Waals surface area contributed by atoms with E-state index in [1.807, 2.05) is 40.2 Å². The Morgan fingerprint density at radius 2 is 1.89 bits per heavy atom. The first kappa shape index (κ1) is 18.7. The molecular formula is C22H20ClN3OS. The molecule has 2 heterocycles. The molecule has 2 aromatic carbocycles. The fourth-order valence-corrected chi connectivity index (χ4v) is 4.04. The quantitative estimate of drug-likeness (QED) is 0.491. The number of hydrogen-bond acceptors (Lipinski definition) is 3. The molecule has 2 aromatic heterocycles. The number of amides is 1. The number of carbonyl (C=O) groups excluding carboxylic acids is 1. The molecule has 1 N–H and O–H groups in total. The van der Waals surface area contributed by atoms with E-state index in [0.29, 0.717) is 13.0 Å². The summed E-state index contributed by atoms with van der Waals surface area (Å²) in [6.45, 7) is 2.67. The van der Waals surface area contributed by atoms with E-state index in [4.69, 9.17) is 11.6 Å². The number of benzene rings is 2. The lowest BCUT2D eigenvalue weighted by Crippen LogP contribution is -2.27. The van der Waals surface area contributed by atoms with Crippen LogP contribution in [0.1, 0.15) is 16.8 Å². The van der Waals surface area contributed by atoms with Crippen LogP contribution in [0.3, 0.4) is 0 Å². The summed E-state index contributed by atoms with van der Waals surface area (Å²) in [5.41, 5.74) is 5.34. The highest BCUT2D eigenvalue weighted by Gasteiger charge is 2.12. The first-order chi connectivity index (χ1) is 13.6. The predicted molar refractivity (Wildman–Crippen MR) is 115 cm³/mol. The van der Waals surface area contributed by atoms with E-state index in [-0.39, 0.29) is 5.91 Å². The largest absolute Gasteiger partial charge is 0.355 e. The minimum atomic E-state index is 0.0132. The van der Waals surface area contributed by atoms with Crippen LogP contribution in [0.2, 0.25) is 5.02 Å². The Hall–Kier alpha value is -2.63. The van der Waals surface area contributed by atoms with Gasteiger partial charge in [0.1, 0.15) is 0 Å². The van der Waals surface area contributed by atoms with E-state index in [9.17, 15) is 4.79 Å². The lowest BCUT2D eigenvalue weighted by molar-refractivity contribution is -0.120. The highest BCUT2D eigenvalue weighted by molar-refractivity contribution is 7.15. The lowest BCUT2D eigenvalue weighted by atomic mass is 10.1. The lowest BCUT2D eigenvalue weighted by Gasteiger charge is -2.05. The fourth-order valence-electron chi connectivity index (χ4n) is 3.04. The maximum Gasteiger partial charge on any atom is 0.225 e. The molecule has 0 atom stereocenters. The smallest absolute Gasteiger partial charge is 0.225 e. The number of thiazole rings is 1. The van der Waals surface area contributed by atoms with Crippen molar-refractivity contribution in [2.24, 2.45) is 0 Å². The standard InChI is InChI=1S/C22H20ClN3OS/c1-15-2-6-17(7-3-15)20-13-26-19(14-28-22(26)25-20)12-21(27)24-11-10-16-4-8-18(23)9-5-16/h2-9,13-14H,10-12H2,1H3,(H,24,27). The third-order valence-corrected chi connectivity index (χ3v) is 5.76. The Morgan fingerprint density at radius 3 is 2.64 bits per heavy atom. The summed E-state index contributed by atoms with van der Waals surface area (Å²) in [6, 6.07) is 16.0. The summed E-state index contributed by atoms with van der Waals surface area (Å²) >= 11 is 7.45. The van der Waals surface area contributed by atoms with Gasteiger partial charge in [0.25, 0.3) is 0 Å². The zero-order valence-electron chi connectivity index (χ0n) is 15.5. The molecule has 0 saturated carbocycles. The van der Waals surface area contributed by atoms with Crippen LogP contribution in [0.25, 0.3) is 16.2 Å². The van der Waals surface area contributed by atoms with Crippen molar-refractivity contribution >= 4 is 33.8 Å². The van der Waals surface area contributed by atoms with Crippen molar-refractivity contribution < 1.29 is 4.79 Å². The molecular weight excluding hydrogens is 390 g/mol. The molecule has 1 amide bonds. The Labute approximate surface area is 172 Å². The molecule has 4 aromatic rings. The van der Waals surface area contributed by atoms with Gasteiger partial charge in [0.15, 0.2) is 4.96 Å². The monoisotopic (exact) mass is 409 g/mol. The van der Waals surface area contributed by atoms with Crippen molar-refractivity contribution in [1.29, 1.82) is 0 Å². The molecule has 4 rings (SSSR count). The van der Waals surface area contributed by atoms with Crippen molar-refractivity contribution in [2.45, 2.75) is 19.8 Å². The molecule has 142 valence electrons. The van der Waals surface area contributed by atoms with Crippen molar-refractivity contribution in [3.8, 4) is 11.3 Å². The van der Waals surface area contributed by atoms with Gasteiger partial charge in [-0.1, -0.05) is 53.6 Å². The van der Waals surface area contributed by atoms with E-state index in [1.54, 1.807) is 11.3 Å². The van der Waals surface area contributed by atoms with Gasteiger partial charge in [-0.25, -0.2) is 4.98 Å². The van der Waals surface area contributed by atoms with Crippen LogP contribution in [0.5, 0.6) is 0 Å². The second-order valence-electron chi connectivity index (χ2n) is 6.77. The Morgan fingerprint density at radius 1 is 1.14 bits per heavy atom. The zero-order valence-corrected chi connectivity index (χ0v) is 17.1. The molecule has 0 radical (unpaired) electrons. The van der Waals surface area contributed by atoms with Crippen LogP contribution in [-0.4, -0.2) is 21.8 Å². The number of fused-ring (bicyclic) bond motifs is 1. The number of nitrogens with zero attached hydrogens (tertiary/aromatic N) is 2. The summed E-state index contributed by atoms with van der Waals surface area (Å²) in [7, 11) is 0. The summed E-state index contributed by atoms with van der Waals surface area (Å²) in [6.07, 6.45) is 3.13. The fraction of sp³-hybridized carbons (Fsp3) is 0.182. The normalized spacial score (nSPS) is 11.1. The van der Waals surface area contributed by atoms with E-state index >= 15 is 0 Å². The third-order valence-electron chi connectivity index (χ3n) is 4.62. The molecule has 0 aliphatic carbocycles. The van der Waals surface area contributed by atoms with Crippen LogP contribution >= 0.6 is 22.9 Å². The summed E-state index contributed by atoms with van der Waals surface area (Å²) < 4.78 is 2.01. The molecule has 0 saturated heterocycles. The average molecular weight is 410 g/mol. The van der Waals surface area contributed by atoms with Crippen LogP contribution < -0.4 is 5.32 Å². The maximum atomic E-state index is 12.4. The van der Waals surface area contributed by atoms with Gasteiger partial charge in [-0.15, -0.1) is 11.3 Å². The van der Waals surface area contributed by atoms with Crippen molar-refractivity contribution in [3.63, 3.8) is 0 Å². The first-order valence-corrected chi connectivity index (χ1v) is 10.4. The minimum Gasteiger partial charge on any atom is -0.355 e. The summed E-state index contributed by atoms with van der Waals surface area (Å²) in [4.78, 5) is 17.9. The molecule has 0 bridgehead atoms. The second kappa shape index (κ2) is 8.17. The van der Waals surface area contributed by atoms with Crippen molar-refractivity contribution in [2.75, 3.05) is 6.54 Å². The first-order valence-electron chi connectivity index (χ1n) is 9.12. The molecule has 0 aliphatic heterocycles. The van der Waals surface area contributed by atoms with Gasteiger partial charge in [0.2, 0.25) is 5.91 Å². The molecule has 0 aliphatic rings. The van der Waals surface area contributed by atoms with Crippen LogP contribution in [-0.2, 0) is 17.6 Å². The number of rotatable bonds is 6. The minimum absolute atomic E-state index is 0.0132. The van der Waals surface area contributed by atoms with Gasteiger partial charge in [-0.2, -0.15) is 0 Å². The van der Waals surface area contributed by atoms with Gasteiger partial charge in [0, 0.05) is 34.4 Å². The number of hydrogen-bond donors (Lipinski definition) is 1. The number of nitrogens with one attached hydrogen (secondary N) is 1. The van der Waals surface area contributed by atoms with Crippen LogP contribution in [0, 0.1) is 6.92 Å². The van der Waals surface area contributed by atoms with Gasteiger partial charge in [0.05, 0.1) is 12.1 Å². The average Bonchev–Trinajstić information content (AvgIpc) is 3.26. The number of aromatic nitrogens is 2. The van der Waals surface area contributed by atoms with E-state index in [1.165, 1.54) is 5.56 Å². The molecule has 6 heteroatoms. The Kier molecular flexibility index (Phi) is 5.46. The third kappa shape index (κ3) is 4.26. The van der Waals surface area contributed by atoms with Crippen molar-refractivity contribution in [3.05, 3.63) is 82.0 Å². The highest BCUT2D eigenvalue weighted by Crippen LogP contribution is 2.24. The van der Waals surface area contributed by atoms with E-state index < -0.39 is 0 Å². The van der Waals surface area contributed by atoms with E-state index in [2.05, 4.69) is 41.5 Å². The van der Waals surface area contributed by atoms with Gasteiger partial charge in [-0.3, -0.25) is 9.20 Å². The predicted octanol–water partition coefficient (Wildman–Crippen LogP) is 4.93. The number of imidazole rings is 1.